The first-order valence-corrected chi connectivity index (χ1v) is 8.98. The van der Waals surface area contributed by atoms with Crippen LogP contribution in [0.5, 0.6) is 0 Å². The third-order valence-electron chi connectivity index (χ3n) is 4.25. The van der Waals surface area contributed by atoms with Gasteiger partial charge in [0.15, 0.2) is 5.13 Å². The number of aromatic nitrogens is 1. The zero-order chi connectivity index (χ0) is 15.2. The third-order valence-corrected chi connectivity index (χ3v) is 5.41. The van der Waals surface area contributed by atoms with Gasteiger partial charge in [0.1, 0.15) is 0 Å². The molecule has 120 valence electrons. The van der Waals surface area contributed by atoms with E-state index in [4.69, 9.17) is 9.72 Å². The van der Waals surface area contributed by atoms with Crippen LogP contribution in [0, 0.1) is 5.92 Å². The first kappa shape index (κ1) is 16.7. The van der Waals surface area contributed by atoms with Crippen LogP contribution in [0.4, 0.5) is 5.13 Å². The quantitative estimate of drug-likeness (QED) is 0.840. The molecule has 0 aliphatic carbocycles. The van der Waals surface area contributed by atoms with Gasteiger partial charge in [-0.2, -0.15) is 0 Å². The van der Waals surface area contributed by atoms with Crippen molar-refractivity contribution in [3.05, 3.63) is 10.6 Å². The maximum atomic E-state index is 5.63. The van der Waals surface area contributed by atoms with Crippen LogP contribution in [0.2, 0.25) is 0 Å². The molecule has 1 N–H and O–H groups in total. The minimum atomic E-state index is 0.328. The number of nitrogens with zero attached hydrogens (tertiary/aromatic N) is 2. The van der Waals surface area contributed by atoms with E-state index < -0.39 is 0 Å². The van der Waals surface area contributed by atoms with Gasteiger partial charge in [-0.3, -0.25) is 0 Å². The highest BCUT2D eigenvalue weighted by atomic mass is 32.1. The predicted octanol–water partition coefficient (Wildman–Crippen LogP) is 3.07. The average molecular weight is 311 g/mol. The summed E-state index contributed by atoms with van der Waals surface area (Å²) < 4.78 is 5.63. The minimum Gasteiger partial charge on any atom is -0.379 e. The lowest BCUT2D eigenvalue weighted by Gasteiger charge is -2.36. The molecule has 2 unspecified atom stereocenters. The molecule has 0 saturated carbocycles. The van der Waals surface area contributed by atoms with Crippen LogP contribution in [0.15, 0.2) is 0 Å². The molecule has 21 heavy (non-hydrogen) atoms. The van der Waals surface area contributed by atoms with Gasteiger partial charge >= 0.3 is 0 Å². The molecule has 0 bridgehead atoms. The lowest BCUT2D eigenvalue weighted by atomic mass is 9.96. The van der Waals surface area contributed by atoms with E-state index in [0.29, 0.717) is 12.0 Å². The number of anilines is 1. The van der Waals surface area contributed by atoms with Crippen LogP contribution in [0.1, 0.15) is 44.2 Å². The molecule has 2 rings (SSSR count). The summed E-state index contributed by atoms with van der Waals surface area (Å²) >= 11 is 1.86. The van der Waals surface area contributed by atoms with E-state index in [1.54, 1.807) is 0 Å². The Morgan fingerprint density at radius 2 is 2.24 bits per heavy atom. The maximum absolute atomic E-state index is 5.63. The smallest absolute Gasteiger partial charge is 0.185 e. The van der Waals surface area contributed by atoms with Crippen LogP contribution < -0.4 is 10.2 Å². The molecule has 2 heterocycles. The number of ether oxygens (including phenoxy) is 1. The van der Waals surface area contributed by atoms with E-state index in [1.165, 1.54) is 22.1 Å². The van der Waals surface area contributed by atoms with Crippen molar-refractivity contribution in [3.8, 4) is 0 Å². The van der Waals surface area contributed by atoms with Crippen LogP contribution in [0.25, 0.3) is 0 Å². The summed E-state index contributed by atoms with van der Waals surface area (Å²) in [4.78, 5) is 8.73. The van der Waals surface area contributed by atoms with E-state index in [-0.39, 0.29) is 0 Å². The number of piperidine rings is 1. The number of thiazole rings is 1. The van der Waals surface area contributed by atoms with Gasteiger partial charge in [0.25, 0.3) is 0 Å². The number of aryl methyl sites for hydroxylation is 1. The van der Waals surface area contributed by atoms with Crippen molar-refractivity contribution in [2.45, 2.75) is 52.7 Å². The van der Waals surface area contributed by atoms with Crippen molar-refractivity contribution in [2.24, 2.45) is 5.92 Å². The number of methoxy groups -OCH3 is 1. The van der Waals surface area contributed by atoms with Crippen LogP contribution >= 0.6 is 11.3 Å². The molecule has 1 saturated heterocycles. The zero-order valence-corrected chi connectivity index (χ0v) is 14.6. The van der Waals surface area contributed by atoms with Gasteiger partial charge in [0.05, 0.1) is 11.8 Å². The summed E-state index contributed by atoms with van der Waals surface area (Å²) in [6.45, 7) is 10.7. The second kappa shape index (κ2) is 8.11. The van der Waals surface area contributed by atoms with E-state index in [2.05, 4.69) is 31.0 Å². The van der Waals surface area contributed by atoms with Gasteiger partial charge in [0.2, 0.25) is 0 Å². The summed E-state index contributed by atoms with van der Waals surface area (Å²) in [5, 5.41) is 4.61. The molecule has 1 aromatic heterocycles. The van der Waals surface area contributed by atoms with E-state index >= 15 is 0 Å². The number of nitrogens with one attached hydrogen (secondary N) is 1. The van der Waals surface area contributed by atoms with E-state index in [9.17, 15) is 0 Å². The van der Waals surface area contributed by atoms with E-state index in [1.807, 2.05) is 18.4 Å². The first-order chi connectivity index (χ1) is 10.2. The van der Waals surface area contributed by atoms with Gasteiger partial charge in [-0.25, -0.2) is 4.98 Å². The first-order valence-electron chi connectivity index (χ1n) is 8.16. The van der Waals surface area contributed by atoms with Gasteiger partial charge in [-0.15, -0.1) is 11.3 Å². The van der Waals surface area contributed by atoms with Crippen molar-refractivity contribution in [1.82, 2.24) is 10.3 Å². The Bertz CT molecular complexity index is 435. The summed E-state index contributed by atoms with van der Waals surface area (Å²) in [6.07, 6.45) is 3.74. The summed E-state index contributed by atoms with van der Waals surface area (Å²) in [6, 6.07) is 0. The number of hydrogen-bond donors (Lipinski definition) is 1. The Hall–Kier alpha value is -0.650. The van der Waals surface area contributed by atoms with Gasteiger partial charge in [-0.05, 0) is 25.3 Å². The molecular weight excluding hydrogens is 282 g/mol. The Morgan fingerprint density at radius 3 is 2.90 bits per heavy atom. The SMILES string of the molecule is CCCc1nc(N2CCC(C)C(OC)C2)sc1CNCC. The Labute approximate surface area is 132 Å². The fourth-order valence-corrected chi connectivity index (χ4v) is 3.94. The fraction of sp³-hybridized carbons (Fsp3) is 0.812. The fourth-order valence-electron chi connectivity index (χ4n) is 2.83. The highest BCUT2D eigenvalue weighted by molar-refractivity contribution is 7.15. The monoisotopic (exact) mass is 311 g/mol. The average Bonchev–Trinajstić information content (AvgIpc) is 2.89. The molecule has 1 aliphatic rings. The standard InChI is InChI=1S/C16H29N3OS/c1-5-7-13-15(10-17-6-2)21-16(18-13)19-9-8-12(3)14(11-19)20-4/h12,14,17H,5-11H2,1-4H3. The minimum absolute atomic E-state index is 0.328. The van der Waals surface area contributed by atoms with Crippen molar-refractivity contribution >= 4 is 16.5 Å². The van der Waals surface area contributed by atoms with Gasteiger partial charge in [0, 0.05) is 31.6 Å². The summed E-state index contributed by atoms with van der Waals surface area (Å²) in [5.41, 5.74) is 1.28. The largest absolute Gasteiger partial charge is 0.379 e. The number of rotatable bonds is 7. The molecule has 0 radical (unpaired) electrons. The predicted molar refractivity (Wildman–Crippen MR) is 90.3 cm³/mol. The summed E-state index contributed by atoms with van der Waals surface area (Å²) in [5.74, 6) is 0.641. The molecule has 5 heteroatoms. The topological polar surface area (TPSA) is 37.4 Å². The molecule has 0 spiro atoms. The molecule has 0 amide bonds. The highest BCUT2D eigenvalue weighted by Crippen LogP contribution is 2.31. The van der Waals surface area contributed by atoms with Gasteiger partial charge < -0.3 is 15.0 Å². The Balaban J connectivity index is 2.11. The third kappa shape index (κ3) is 4.18. The molecule has 0 aromatic carbocycles. The lowest BCUT2D eigenvalue weighted by Crippen LogP contribution is -2.43. The number of hydrogen-bond acceptors (Lipinski definition) is 5. The second-order valence-electron chi connectivity index (χ2n) is 5.88. The van der Waals surface area contributed by atoms with Gasteiger partial charge in [-0.1, -0.05) is 27.2 Å². The molecule has 1 fully saturated rings. The van der Waals surface area contributed by atoms with Crippen LogP contribution in [0.3, 0.4) is 0 Å². The molecule has 2 atom stereocenters. The van der Waals surface area contributed by atoms with Crippen molar-refractivity contribution in [2.75, 3.05) is 31.6 Å². The highest BCUT2D eigenvalue weighted by Gasteiger charge is 2.28. The Kier molecular flexibility index (Phi) is 6.45. The van der Waals surface area contributed by atoms with Crippen molar-refractivity contribution in [1.29, 1.82) is 0 Å². The van der Waals surface area contributed by atoms with Crippen LogP contribution in [-0.2, 0) is 17.7 Å². The maximum Gasteiger partial charge on any atom is 0.185 e. The second-order valence-corrected chi connectivity index (χ2v) is 6.94. The molecule has 4 nitrogen and oxygen atoms in total. The molecular formula is C16H29N3OS. The van der Waals surface area contributed by atoms with Crippen molar-refractivity contribution in [3.63, 3.8) is 0 Å². The van der Waals surface area contributed by atoms with E-state index in [0.717, 1.165) is 39.0 Å². The molecule has 1 aromatic rings. The zero-order valence-electron chi connectivity index (χ0n) is 13.8. The normalized spacial score (nSPS) is 22.8. The van der Waals surface area contributed by atoms with Crippen molar-refractivity contribution < 1.29 is 4.74 Å². The molecule has 1 aliphatic heterocycles. The lowest BCUT2D eigenvalue weighted by molar-refractivity contribution is 0.0498. The summed E-state index contributed by atoms with van der Waals surface area (Å²) in [7, 11) is 1.83. The van der Waals surface area contributed by atoms with Crippen LogP contribution in [-0.4, -0.2) is 37.8 Å². The Morgan fingerprint density at radius 1 is 1.43 bits per heavy atom.